The highest BCUT2D eigenvalue weighted by atomic mass is 19.1. The normalized spacial score (nSPS) is 10.4. The van der Waals surface area contributed by atoms with Crippen LogP contribution in [0.1, 0.15) is 21.5 Å². The third-order valence-electron chi connectivity index (χ3n) is 4.17. The van der Waals surface area contributed by atoms with Crippen molar-refractivity contribution in [3.63, 3.8) is 0 Å². The van der Waals surface area contributed by atoms with Crippen molar-refractivity contribution in [2.45, 2.75) is 13.0 Å². The van der Waals surface area contributed by atoms with Gasteiger partial charge in [-0.3, -0.25) is 4.79 Å². The maximum atomic E-state index is 13.6. The summed E-state index contributed by atoms with van der Waals surface area (Å²) >= 11 is 0. The van der Waals surface area contributed by atoms with Gasteiger partial charge in [-0.1, -0.05) is 30.3 Å². The molecule has 2 N–H and O–H groups in total. The SMILES string of the molecule is COc1ccc(CCNC(=O)c2cnc(NCc3ccccc3F)nc2)cc1. The van der Waals surface area contributed by atoms with Gasteiger partial charge in [0.1, 0.15) is 11.6 Å². The Kier molecular flexibility index (Phi) is 6.51. The Bertz CT molecular complexity index is 914. The molecular weight excluding hydrogens is 359 g/mol. The van der Waals surface area contributed by atoms with Crippen LogP contribution in [0.4, 0.5) is 10.3 Å². The molecule has 144 valence electrons. The molecule has 0 saturated heterocycles. The van der Waals surface area contributed by atoms with E-state index in [0.29, 0.717) is 30.0 Å². The molecule has 2 aromatic carbocycles. The molecule has 0 spiro atoms. The number of amides is 1. The van der Waals surface area contributed by atoms with E-state index in [9.17, 15) is 9.18 Å². The third-order valence-corrected chi connectivity index (χ3v) is 4.17. The number of nitrogens with one attached hydrogen (secondary N) is 2. The van der Waals surface area contributed by atoms with E-state index >= 15 is 0 Å². The van der Waals surface area contributed by atoms with Crippen molar-refractivity contribution < 1.29 is 13.9 Å². The summed E-state index contributed by atoms with van der Waals surface area (Å²) in [5.74, 6) is 0.601. The zero-order valence-electron chi connectivity index (χ0n) is 15.5. The van der Waals surface area contributed by atoms with E-state index < -0.39 is 0 Å². The Morgan fingerprint density at radius 2 is 1.79 bits per heavy atom. The zero-order chi connectivity index (χ0) is 19.8. The van der Waals surface area contributed by atoms with Crippen molar-refractivity contribution >= 4 is 11.9 Å². The monoisotopic (exact) mass is 380 g/mol. The lowest BCUT2D eigenvalue weighted by molar-refractivity contribution is 0.0953. The Morgan fingerprint density at radius 3 is 2.46 bits per heavy atom. The van der Waals surface area contributed by atoms with E-state index in [-0.39, 0.29) is 18.3 Å². The van der Waals surface area contributed by atoms with E-state index in [1.54, 1.807) is 25.3 Å². The maximum Gasteiger partial charge on any atom is 0.254 e. The molecule has 1 amide bonds. The van der Waals surface area contributed by atoms with Crippen molar-refractivity contribution in [2.75, 3.05) is 19.0 Å². The number of halogens is 1. The molecule has 6 nitrogen and oxygen atoms in total. The molecule has 0 radical (unpaired) electrons. The number of aromatic nitrogens is 2. The number of methoxy groups -OCH3 is 1. The Morgan fingerprint density at radius 1 is 1.07 bits per heavy atom. The molecule has 3 aromatic rings. The molecule has 28 heavy (non-hydrogen) atoms. The smallest absolute Gasteiger partial charge is 0.254 e. The van der Waals surface area contributed by atoms with Crippen molar-refractivity contribution in [2.24, 2.45) is 0 Å². The fraction of sp³-hybridized carbons (Fsp3) is 0.190. The van der Waals surface area contributed by atoms with Crippen LogP contribution in [0.25, 0.3) is 0 Å². The van der Waals surface area contributed by atoms with Gasteiger partial charge in [-0.2, -0.15) is 0 Å². The molecule has 0 aliphatic heterocycles. The molecule has 0 atom stereocenters. The summed E-state index contributed by atoms with van der Waals surface area (Å²) in [6.45, 7) is 0.762. The summed E-state index contributed by atoms with van der Waals surface area (Å²) in [6, 6.07) is 14.2. The number of benzene rings is 2. The van der Waals surface area contributed by atoms with E-state index in [0.717, 1.165) is 11.3 Å². The Balaban J connectivity index is 1.47. The fourth-order valence-corrected chi connectivity index (χ4v) is 2.57. The molecule has 0 aliphatic carbocycles. The molecule has 0 unspecified atom stereocenters. The summed E-state index contributed by atoms with van der Waals surface area (Å²) in [6.07, 6.45) is 3.59. The van der Waals surface area contributed by atoms with E-state index in [4.69, 9.17) is 4.74 Å². The predicted octanol–water partition coefficient (Wildman–Crippen LogP) is 3.21. The van der Waals surface area contributed by atoms with Gasteiger partial charge >= 0.3 is 0 Å². The topological polar surface area (TPSA) is 76.1 Å². The summed E-state index contributed by atoms with van der Waals surface area (Å²) in [5.41, 5.74) is 1.99. The number of hydrogen-bond donors (Lipinski definition) is 2. The van der Waals surface area contributed by atoms with Gasteiger partial charge in [0.05, 0.1) is 12.7 Å². The van der Waals surface area contributed by atoms with Gasteiger partial charge in [0.2, 0.25) is 5.95 Å². The van der Waals surface area contributed by atoms with Gasteiger partial charge in [-0.15, -0.1) is 0 Å². The van der Waals surface area contributed by atoms with Crippen molar-refractivity contribution in [1.82, 2.24) is 15.3 Å². The second-order valence-corrected chi connectivity index (χ2v) is 6.09. The first-order valence-electron chi connectivity index (χ1n) is 8.86. The van der Waals surface area contributed by atoms with Gasteiger partial charge < -0.3 is 15.4 Å². The molecule has 7 heteroatoms. The van der Waals surface area contributed by atoms with Crippen LogP contribution in [0.15, 0.2) is 60.9 Å². The van der Waals surface area contributed by atoms with Crippen LogP contribution < -0.4 is 15.4 Å². The number of anilines is 1. The summed E-state index contributed by atoms with van der Waals surface area (Å²) in [5, 5.41) is 5.78. The van der Waals surface area contributed by atoms with Crippen molar-refractivity contribution in [3.8, 4) is 5.75 Å². The second kappa shape index (κ2) is 9.45. The van der Waals surface area contributed by atoms with Crippen LogP contribution in [0.2, 0.25) is 0 Å². The van der Waals surface area contributed by atoms with Crippen LogP contribution in [0.3, 0.4) is 0 Å². The van der Waals surface area contributed by atoms with Crippen LogP contribution in [-0.2, 0) is 13.0 Å². The van der Waals surface area contributed by atoms with Crippen LogP contribution in [0.5, 0.6) is 5.75 Å². The molecule has 0 aliphatic rings. The van der Waals surface area contributed by atoms with E-state index in [2.05, 4.69) is 20.6 Å². The average Bonchev–Trinajstić information content (AvgIpc) is 2.74. The van der Waals surface area contributed by atoms with E-state index in [1.165, 1.54) is 18.5 Å². The van der Waals surface area contributed by atoms with Crippen LogP contribution in [0, 0.1) is 5.82 Å². The highest BCUT2D eigenvalue weighted by molar-refractivity contribution is 5.93. The molecule has 0 fully saturated rings. The van der Waals surface area contributed by atoms with Gasteiger partial charge in [0.15, 0.2) is 0 Å². The molecule has 0 saturated carbocycles. The summed E-state index contributed by atoms with van der Waals surface area (Å²) in [7, 11) is 1.62. The number of hydrogen-bond acceptors (Lipinski definition) is 5. The Labute approximate surface area is 162 Å². The highest BCUT2D eigenvalue weighted by Crippen LogP contribution is 2.11. The average molecular weight is 380 g/mol. The molecule has 0 bridgehead atoms. The molecule has 1 aromatic heterocycles. The highest BCUT2D eigenvalue weighted by Gasteiger charge is 2.07. The first-order valence-corrected chi connectivity index (χ1v) is 8.86. The first-order chi connectivity index (χ1) is 13.7. The third kappa shape index (κ3) is 5.26. The summed E-state index contributed by atoms with van der Waals surface area (Å²) in [4.78, 5) is 20.4. The number of ether oxygens (including phenoxy) is 1. The predicted molar refractivity (Wildman–Crippen MR) is 105 cm³/mol. The standard InChI is InChI=1S/C21H21FN4O2/c1-28-18-8-6-15(7-9-18)10-11-23-20(27)17-13-25-21(26-14-17)24-12-16-4-2-3-5-19(16)22/h2-9,13-14H,10-12H2,1H3,(H,23,27)(H,24,25,26). The van der Waals surface area contributed by atoms with Gasteiger partial charge in [-0.25, -0.2) is 14.4 Å². The maximum absolute atomic E-state index is 13.6. The van der Waals surface area contributed by atoms with Crippen molar-refractivity contribution in [3.05, 3.63) is 83.4 Å². The van der Waals surface area contributed by atoms with Crippen LogP contribution >= 0.6 is 0 Å². The largest absolute Gasteiger partial charge is 0.497 e. The second-order valence-electron chi connectivity index (χ2n) is 6.09. The molecule has 3 rings (SSSR count). The first kappa shape index (κ1) is 19.3. The number of nitrogens with zero attached hydrogens (tertiary/aromatic N) is 2. The van der Waals surface area contributed by atoms with Gasteiger partial charge in [0.25, 0.3) is 5.91 Å². The molecule has 1 heterocycles. The van der Waals surface area contributed by atoms with Crippen molar-refractivity contribution in [1.29, 1.82) is 0 Å². The van der Waals surface area contributed by atoms with Gasteiger partial charge in [0, 0.05) is 31.0 Å². The minimum absolute atomic E-state index is 0.242. The van der Waals surface area contributed by atoms with Gasteiger partial charge in [-0.05, 0) is 30.2 Å². The molecular formula is C21H21FN4O2. The number of carbonyl (C=O) groups is 1. The lowest BCUT2D eigenvalue weighted by atomic mass is 10.1. The van der Waals surface area contributed by atoms with E-state index in [1.807, 2.05) is 24.3 Å². The Hall–Kier alpha value is -3.48. The minimum Gasteiger partial charge on any atom is -0.497 e. The number of carbonyl (C=O) groups excluding carboxylic acids is 1. The summed E-state index contributed by atoms with van der Waals surface area (Å²) < 4.78 is 18.7. The zero-order valence-corrected chi connectivity index (χ0v) is 15.5. The lowest BCUT2D eigenvalue weighted by Crippen LogP contribution is -2.26. The number of rotatable bonds is 8. The minimum atomic E-state index is -0.289. The van der Waals surface area contributed by atoms with Crippen LogP contribution in [-0.4, -0.2) is 29.5 Å². The lowest BCUT2D eigenvalue weighted by Gasteiger charge is -2.08. The quantitative estimate of drug-likeness (QED) is 0.628. The fourth-order valence-electron chi connectivity index (χ4n) is 2.57.